The Morgan fingerprint density at radius 3 is 2.54 bits per heavy atom. The number of rotatable bonds is 3. The lowest BCUT2D eigenvalue weighted by atomic mass is 10.1. The van der Waals surface area contributed by atoms with Gasteiger partial charge in [-0.1, -0.05) is 58.4 Å². The van der Waals surface area contributed by atoms with Crippen LogP contribution in [0, 0.1) is 0 Å². The predicted molar refractivity (Wildman–Crippen MR) is 109 cm³/mol. The van der Waals surface area contributed by atoms with Crippen LogP contribution in [-0.4, -0.2) is 6.21 Å². The molecule has 0 bridgehead atoms. The van der Waals surface area contributed by atoms with Crippen molar-refractivity contribution in [1.29, 1.82) is 0 Å². The molecule has 4 heteroatoms. The van der Waals surface area contributed by atoms with E-state index in [1.165, 1.54) is 0 Å². The van der Waals surface area contributed by atoms with Crippen molar-refractivity contribution >= 4 is 38.8 Å². The molecule has 3 nitrogen and oxygen atoms in total. The van der Waals surface area contributed by atoms with Crippen LogP contribution in [-0.2, 0) is 0 Å². The normalized spacial score (nSPS) is 11.3. The maximum atomic E-state index is 12.3. The molecular formula is C22H14BrNO2. The Morgan fingerprint density at radius 2 is 1.69 bits per heavy atom. The highest BCUT2D eigenvalue weighted by Crippen LogP contribution is 2.24. The number of para-hydroxylation sites is 1. The van der Waals surface area contributed by atoms with Gasteiger partial charge < -0.3 is 4.42 Å². The lowest BCUT2D eigenvalue weighted by Gasteiger charge is -2.03. The summed E-state index contributed by atoms with van der Waals surface area (Å²) in [5, 5.41) is 0.894. The molecule has 3 aromatic carbocycles. The fourth-order valence-corrected chi connectivity index (χ4v) is 2.98. The van der Waals surface area contributed by atoms with Crippen LogP contribution >= 0.6 is 15.9 Å². The largest absolute Gasteiger partial charge is 0.422 e. The number of benzene rings is 3. The maximum Gasteiger partial charge on any atom is 0.344 e. The van der Waals surface area contributed by atoms with Crippen LogP contribution in [0.5, 0.6) is 0 Å². The van der Waals surface area contributed by atoms with Crippen LogP contribution in [0.2, 0.25) is 0 Å². The Balaban J connectivity index is 1.70. The molecule has 0 atom stereocenters. The number of hydrogen-bond donors (Lipinski definition) is 0. The molecule has 1 heterocycles. The molecular weight excluding hydrogens is 390 g/mol. The van der Waals surface area contributed by atoms with Crippen molar-refractivity contribution in [3.8, 4) is 11.1 Å². The highest BCUT2D eigenvalue weighted by atomic mass is 79.9. The van der Waals surface area contributed by atoms with Crippen LogP contribution in [0.3, 0.4) is 0 Å². The predicted octanol–water partition coefficient (Wildman–Crippen LogP) is 5.97. The summed E-state index contributed by atoms with van der Waals surface area (Å²) in [4.78, 5) is 16.9. The first-order chi connectivity index (χ1) is 12.7. The van der Waals surface area contributed by atoms with Gasteiger partial charge in [-0.2, -0.15) is 0 Å². The quantitative estimate of drug-likeness (QED) is 0.312. The molecule has 0 aliphatic heterocycles. The summed E-state index contributed by atoms with van der Waals surface area (Å²) in [6.07, 6.45) is 1.80. The molecule has 126 valence electrons. The van der Waals surface area contributed by atoms with Crippen molar-refractivity contribution in [2.45, 2.75) is 0 Å². The van der Waals surface area contributed by atoms with Crippen molar-refractivity contribution in [1.82, 2.24) is 0 Å². The maximum absolute atomic E-state index is 12.3. The average molecular weight is 404 g/mol. The van der Waals surface area contributed by atoms with Crippen LogP contribution in [0.1, 0.15) is 5.56 Å². The number of halogens is 1. The molecule has 26 heavy (non-hydrogen) atoms. The Kier molecular flexibility index (Phi) is 4.50. The first kappa shape index (κ1) is 16.5. The van der Waals surface area contributed by atoms with E-state index in [2.05, 4.69) is 20.9 Å². The molecule has 0 N–H and O–H groups in total. The van der Waals surface area contributed by atoms with E-state index in [4.69, 9.17) is 4.42 Å². The zero-order chi connectivity index (χ0) is 17.9. The van der Waals surface area contributed by atoms with E-state index < -0.39 is 0 Å². The van der Waals surface area contributed by atoms with Gasteiger partial charge in [0.25, 0.3) is 0 Å². The van der Waals surface area contributed by atoms with E-state index in [1.54, 1.807) is 12.3 Å². The number of aliphatic imine (C=N–C) groups is 1. The van der Waals surface area contributed by atoms with E-state index in [-0.39, 0.29) is 5.63 Å². The first-order valence-corrected chi connectivity index (χ1v) is 8.91. The summed E-state index contributed by atoms with van der Waals surface area (Å²) < 4.78 is 6.46. The third-order valence-electron chi connectivity index (χ3n) is 4.03. The SMILES string of the molecule is O=c1oc2ccccc2cc1-c1cccc(N=Cc2ccc(Br)cc2)c1. The number of nitrogens with zero attached hydrogens (tertiary/aromatic N) is 1. The standard InChI is InChI=1S/C22H14BrNO2/c23-18-10-8-15(9-11-18)14-24-19-6-3-5-16(12-19)20-13-17-4-1-2-7-21(17)26-22(20)25/h1-14H. The second kappa shape index (κ2) is 7.10. The monoisotopic (exact) mass is 403 g/mol. The van der Waals surface area contributed by atoms with Gasteiger partial charge in [0.05, 0.1) is 11.3 Å². The molecule has 0 radical (unpaired) electrons. The molecule has 0 saturated heterocycles. The second-order valence-corrected chi connectivity index (χ2v) is 6.76. The van der Waals surface area contributed by atoms with Crippen LogP contribution in [0.25, 0.3) is 22.1 Å². The van der Waals surface area contributed by atoms with Gasteiger partial charge in [0.1, 0.15) is 5.58 Å². The lowest BCUT2D eigenvalue weighted by molar-refractivity contribution is 0.563. The molecule has 0 unspecified atom stereocenters. The fraction of sp³-hybridized carbons (Fsp3) is 0. The Bertz CT molecular complexity index is 1160. The smallest absolute Gasteiger partial charge is 0.344 e. The molecule has 0 spiro atoms. The Hall–Kier alpha value is -2.98. The van der Waals surface area contributed by atoms with Crippen molar-refractivity contribution in [2.75, 3.05) is 0 Å². The summed E-state index contributed by atoms with van der Waals surface area (Å²) in [5.74, 6) is 0. The molecule has 4 rings (SSSR count). The van der Waals surface area contributed by atoms with Crippen molar-refractivity contribution in [3.63, 3.8) is 0 Å². The van der Waals surface area contributed by atoms with Crippen LogP contribution < -0.4 is 5.63 Å². The Morgan fingerprint density at radius 1 is 0.885 bits per heavy atom. The van der Waals surface area contributed by atoms with Crippen LogP contribution in [0.15, 0.2) is 97.5 Å². The molecule has 0 aliphatic rings. The van der Waals surface area contributed by atoms with Crippen molar-refractivity contribution in [3.05, 3.63) is 99.3 Å². The van der Waals surface area contributed by atoms with E-state index >= 15 is 0 Å². The molecule has 4 aromatic rings. The van der Waals surface area contributed by atoms with Crippen molar-refractivity contribution in [2.24, 2.45) is 4.99 Å². The minimum atomic E-state index is -0.349. The van der Waals surface area contributed by atoms with Gasteiger partial charge >= 0.3 is 5.63 Å². The van der Waals surface area contributed by atoms with E-state index in [0.717, 1.165) is 26.7 Å². The highest BCUT2D eigenvalue weighted by Gasteiger charge is 2.08. The Labute approximate surface area is 158 Å². The molecule has 0 fully saturated rings. The van der Waals surface area contributed by atoms with Gasteiger partial charge in [0.15, 0.2) is 0 Å². The molecule has 0 amide bonds. The average Bonchev–Trinajstić information content (AvgIpc) is 2.67. The molecule has 1 aromatic heterocycles. The number of fused-ring (bicyclic) bond motifs is 1. The summed E-state index contributed by atoms with van der Waals surface area (Å²) >= 11 is 3.42. The first-order valence-electron chi connectivity index (χ1n) is 8.12. The lowest BCUT2D eigenvalue weighted by Crippen LogP contribution is -2.02. The van der Waals surface area contributed by atoms with Gasteiger partial charge in [-0.15, -0.1) is 0 Å². The second-order valence-electron chi connectivity index (χ2n) is 5.85. The summed E-state index contributed by atoms with van der Waals surface area (Å²) in [6.45, 7) is 0. The molecule has 0 saturated carbocycles. The fourth-order valence-electron chi connectivity index (χ4n) is 2.71. The molecule has 0 aliphatic carbocycles. The minimum Gasteiger partial charge on any atom is -0.422 e. The van der Waals surface area contributed by atoms with Gasteiger partial charge in [0.2, 0.25) is 0 Å². The third kappa shape index (κ3) is 3.51. The van der Waals surface area contributed by atoms with E-state index in [1.807, 2.05) is 72.8 Å². The van der Waals surface area contributed by atoms with Gasteiger partial charge in [-0.25, -0.2) is 4.79 Å². The van der Waals surface area contributed by atoms with Gasteiger partial charge in [-0.3, -0.25) is 4.99 Å². The van der Waals surface area contributed by atoms with Gasteiger partial charge in [0, 0.05) is 16.1 Å². The zero-order valence-electron chi connectivity index (χ0n) is 13.7. The topological polar surface area (TPSA) is 42.6 Å². The number of hydrogen-bond acceptors (Lipinski definition) is 3. The van der Waals surface area contributed by atoms with Gasteiger partial charge in [-0.05, 0) is 47.5 Å². The zero-order valence-corrected chi connectivity index (χ0v) is 15.3. The van der Waals surface area contributed by atoms with E-state index in [9.17, 15) is 4.79 Å². The van der Waals surface area contributed by atoms with E-state index in [0.29, 0.717) is 11.1 Å². The van der Waals surface area contributed by atoms with Crippen molar-refractivity contribution < 1.29 is 4.42 Å². The summed E-state index contributed by atoms with van der Waals surface area (Å²) in [7, 11) is 0. The summed E-state index contributed by atoms with van der Waals surface area (Å²) in [5.41, 5.74) is 3.34. The third-order valence-corrected chi connectivity index (χ3v) is 4.56. The van der Waals surface area contributed by atoms with Crippen LogP contribution in [0.4, 0.5) is 5.69 Å². The highest BCUT2D eigenvalue weighted by molar-refractivity contribution is 9.10. The summed E-state index contributed by atoms with van der Waals surface area (Å²) in [6, 6.07) is 24.8. The minimum absolute atomic E-state index is 0.349.